The molecule has 2 unspecified atom stereocenters. The van der Waals surface area contributed by atoms with E-state index in [9.17, 15) is 19.2 Å². The molecule has 8 aliphatic carbocycles. The summed E-state index contributed by atoms with van der Waals surface area (Å²) in [7, 11) is 0. The summed E-state index contributed by atoms with van der Waals surface area (Å²) in [6, 6.07) is -1.27. The maximum Gasteiger partial charge on any atom is 0.320 e. The van der Waals surface area contributed by atoms with Crippen LogP contribution in [-0.4, -0.2) is 99.0 Å². The zero-order chi connectivity index (χ0) is 41.6. The van der Waals surface area contributed by atoms with Crippen molar-refractivity contribution in [3.63, 3.8) is 0 Å². The Morgan fingerprint density at radius 2 is 0.864 bits per heavy atom. The summed E-state index contributed by atoms with van der Waals surface area (Å²) in [6.07, 6.45) is 27.0. The number of hydrogen-bond acceptors (Lipinski definition) is 8. The Morgan fingerprint density at radius 1 is 0.441 bits per heavy atom. The predicted molar refractivity (Wildman–Crippen MR) is 222 cm³/mol. The summed E-state index contributed by atoms with van der Waals surface area (Å²) in [5, 5.41) is 48.3. The Bertz CT molecular complexity index is 1680. The zero-order valence-electron chi connectivity index (χ0n) is 34.7. The number of aliphatic carboxylic acids is 4. The maximum atomic E-state index is 10.9. The van der Waals surface area contributed by atoms with Crippen molar-refractivity contribution in [3.05, 3.63) is 0 Å². The molecule has 330 valence electrons. The van der Waals surface area contributed by atoms with E-state index in [0.717, 1.165) is 75.4 Å². The van der Waals surface area contributed by atoms with Gasteiger partial charge in [0.2, 0.25) is 0 Å². The van der Waals surface area contributed by atoms with Crippen LogP contribution >= 0.6 is 23.2 Å². The van der Waals surface area contributed by atoms with Gasteiger partial charge in [-0.25, -0.2) is 0 Å². The Kier molecular flexibility index (Phi) is 11.0. The molecular weight excluding hydrogens is 795 g/mol. The van der Waals surface area contributed by atoms with Crippen molar-refractivity contribution in [3.8, 4) is 0 Å². The number of alkyl halides is 2. The third-order valence-corrected chi connectivity index (χ3v) is 20.7. The van der Waals surface area contributed by atoms with E-state index >= 15 is 0 Å². The van der Waals surface area contributed by atoms with E-state index < -0.39 is 34.3 Å². The molecule has 6 spiro atoms. The van der Waals surface area contributed by atoms with Crippen LogP contribution in [-0.2, 0) is 19.2 Å². The molecule has 4 heterocycles. The largest absolute Gasteiger partial charge is 0.480 e. The van der Waals surface area contributed by atoms with E-state index in [-0.39, 0.29) is 29.0 Å². The highest BCUT2D eigenvalue weighted by Crippen LogP contribution is 2.87. The fourth-order valence-corrected chi connectivity index (χ4v) is 16.4. The highest BCUT2D eigenvalue weighted by Gasteiger charge is 2.88. The smallest absolute Gasteiger partial charge is 0.320 e. The summed E-state index contributed by atoms with van der Waals surface area (Å²) in [6.45, 7) is 3.50. The van der Waals surface area contributed by atoms with Crippen molar-refractivity contribution in [2.75, 3.05) is 26.2 Å². The van der Waals surface area contributed by atoms with Crippen LogP contribution in [0.3, 0.4) is 0 Å². The van der Waals surface area contributed by atoms with Gasteiger partial charge in [-0.2, -0.15) is 0 Å². The van der Waals surface area contributed by atoms with Gasteiger partial charge in [0, 0.05) is 37.0 Å². The summed E-state index contributed by atoms with van der Waals surface area (Å²) in [4.78, 5) is 43.5. The van der Waals surface area contributed by atoms with Crippen LogP contribution in [0.1, 0.15) is 141 Å². The van der Waals surface area contributed by atoms with Gasteiger partial charge in [-0.05, 0) is 116 Å². The van der Waals surface area contributed by atoms with Gasteiger partial charge in [-0.15, -0.1) is 23.2 Å². The molecule has 0 aromatic rings. The molecular formula is C45H68Cl2N4O8. The molecule has 59 heavy (non-hydrogen) atoms. The number of hydrogen-bond donors (Lipinski definition) is 8. The third-order valence-electron chi connectivity index (χ3n) is 19.2. The minimum absolute atomic E-state index is 0.0142. The lowest BCUT2D eigenvalue weighted by molar-refractivity contribution is -0.140. The number of nitrogens with one attached hydrogen (secondary N) is 4. The summed E-state index contributed by atoms with van der Waals surface area (Å²) >= 11 is 12.7. The number of carboxylic acid groups (broad SMARTS) is 4. The molecule has 8 saturated carbocycles. The van der Waals surface area contributed by atoms with E-state index in [0.29, 0.717) is 34.6 Å². The standard InChI is InChI=1S/C13H21NO2.C12H19NO2.C10H13Cl2NO2.C10H15NO2/c15-12(16)11-7-13(8-14-11)6-10(13)9-4-2-1-3-5-9;14-11(15)10-6-12(7-13-10)5-9(12)8-3-1-2-4-8;11-10(12)8(2-1-3-8)9(10)4-6(7(14)15)13-5-9;12-8(13)7-4-10(6-11-7)5-9(10)2-1-3-9/h9-11,14H,1-8H2,(H,15,16);8-10,13H,1-7H2,(H,14,15);6,13H,1-5H2,(H,14,15);7,11H,1-6H2,(H,12,13)/t10?,11-,13+;9?,10-,12+;6-,9-;7-,10-/m0000/s1. The van der Waals surface area contributed by atoms with Gasteiger partial charge < -0.3 is 41.7 Å². The van der Waals surface area contributed by atoms with Crippen molar-refractivity contribution in [1.29, 1.82) is 0 Å². The highest BCUT2D eigenvalue weighted by molar-refractivity contribution is 6.52. The molecule has 0 radical (unpaired) electrons. The Balaban J connectivity index is 0.000000102. The minimum Gasteiger partial charge on any atom is -0.480 e. The zero-order valence-corrected chi connectivity index (χ0v) is 36.2. The van der Waals surface area contributed by atoms with Crippen LogP contribution in [0.25, 0.3) is 0 Å². The molecule has 12 aliphatic rings. The number of halogens is 2. The van der Waals surface area contributed by atoms with Crippen LogP contribution < -0.4 is 21.3 Å². The van der Waals surface area contributed by atoms with Crippen LogP contribution in [0.5, 0.6) is 0 Å². The Morgan fingerprint density at radius 3 is 1.22 bits per heavy atom. The quantitative estimate of drug-likeness (QED) is 0.137. The third kappa shape index (κ3) is 7.06. The average Bonchev–Trinajstić information content (AvgIpc) is 3.86. The molecule has 12 rings (SSSR count). The van der Waals surface area contributed by atoms with Crippen LogP contribution in [0.15, 0.2) is 0 Å². The fourth-order valence-electron chi connectivity index (χ4n) is 15.1. The van der Waals surface area contributed by atoms with Gasteiger partial charge >= 0.3 is 23.9 Å². The van der Waals surface area contributed by atoms with Gasteiger partial charge in [0.05, 0.1) is 0 Å². The van der Waals surface area contributed by atoms with E-state index in [1.165, 1.54) is 103 Å². The molecule has 0 amide bonds. The first-order valence-corrected chi connectivity index (χ1v) is 24.1. The van der Waals surface area contributed by atoms with E-state index in [4.69, 9.17) is 43.6 Å². The maximum absolute atomic E-state index is 10.9. The Labute approximate surface area is 358 Å². The SMILES string of the molecule is O=C(O)[C@@H]1C[C@@]2(CN1)C(Cl)(Cl)C21CCC1.O=C(O)[C@@H]1C[C@@]2(CN1)CC21CCC1.O=C(O)[C@@H]1C[C@@]2(CN1)CC2C1CCCC1.O=C(O)[C@@H]1C[C@@]2(CN1)CC2C1CCCCC1. The van der Waals surface area contributed by atoms with E-state index in [1.54, 1.807) is 0 Å². The van der Waals surface area contributed by atoms with Gasteiger partial charge in [-0.3, -0.25) is 19.2 Å². The number of fused-ring (bicyclic) bond motifs is 2. The van der Waals surface area contributed by atoms with Crippen LogP contribution in [0.4, 0.5) is 0 Å². The monoisotopic (exact) mass is 862 g/mol. The molecule has 0 bridgehead atoms. The molecule has 12 fully saturated rings. The minimum atomic E-state index is -0.794. The number of carbonyl (C=O) groups is 4. The summed E-state index contributed by atoms with van der Waals surface area (Å²) in [5.74, 6) is 0.717. The fraction of sp³-hybridized carbons (Fsp3) is 0.911. The molecule has 4 aliphatic heterocycles. The van der Waals surface area contributed by atoms with Gasteiger partial charge in [-0.1, -0.05) is 70.6 Å². The molecule has 0 aromatic heterocycles. The van der Waals surface area contributed by atoms with Crippen LogP contribution in [0.2, 0.25) is 0 Å². The van der Waals surface area contributed by atoms with Crippen molar-refractivity contribution < 1.29 is 39.6 Å². The number of rotatable bonds is 6. The van der Waals surface area contributed by atoms with Crippen molar-refractivity contribution in [1.82, 2.24) is 21.3 Å². The molecule has 12 nitrogen and oxygen atoms in total. The molecule has 10 atom stereocenters. The second-order valence-corrected chi connectivity index (χ2v) is 23.2. The van der Waals surface area contributed by atoms with Gasteiger partial charge in [0.15, 0.2) is 0 Å². The lowest BCUT2D eigenvalue weighted by atomic mass is 9.74. The first kappa shape index (κ1) is 42.6. The molecule has 0 aromatic carbocycles. The molecule has 8 N–H and O–H groups in total. The first-order chi connectivity index (χ1) is 28.1. The molecule has 14 heteroatoms. The van der Waals surface area contributed by atoms with Gasteiger partial charge in [0.25, 0.3) is 0 Å². The van der Waals surface area contributed by atoms with Gasteiger partial charge in [0.1, 0.15) is 28.5 Å². The number of carboxylic acids is 4. The van der Waals surface area contributed by atoms with E-state index in [2.05, 4.69) is 21.3 Å². The average molecular weight is 864 g/mol. The predicted octanol–water partition coefficient (Wildman–Crippen LogP) is 6.42. The van der Waals surface area contributed by atoms with Crippen LogP contribution in [0, 0.1) is 56.2 Å². The lowest BCUT2D eigenvalue weighted by Gasteiger charge is -2.30. The first-order valence-electron chi connectivity index (χ1n) is 23.3. The summed E-state index contributed by atoms with van der Waals surface area (Å²) in [5.41, 5.74) is 1.59. The normalized spacial score (nSPS) is 44.5. The Hall–Kier alpha value is -1.70. The summed E-state index contributed by atoms with van der Waals surface area (Å²) < 4.78 is -0.699. The molecule has 4 saturated heterocycles. The van der Waals surface area contributed by atoms with Crippen molar-refractivity contribution in [2.45, 2.75) is 170 Å². The lowest BCUT2D eigenvalue weighted by Crippen LogP contribution is -2.30. The van der Waals surface area contributed by atoms with E-state index in [1.807, 2.05) is 0 Å². The highest BCUT2D eigenvalue weighted by atomic mass is 35.5. The second-order valence-electron chi connectivity index (χ2n) is 21.9. The van der Waals surface area contributed by atoms with Crippen molar-refractivity contribution in [2.24, 2.45) is 56.2 Å². The van der Waals surface area contributed by atoms with Crippen molar-refractivity contribution >= 4 is 47.1 Å². The second kappa shape index (κ2) is 15.2. The topological polar surface area (TPSA) is 197 Å².